The second kappa shape index (κ2) is 6.48. The van der Waals surface area contributed by atoms with Gasteiger partial charge < -0.3 is 10.3 Å². The van der Waals surface area contributed by atoms with Crippen LogP contribution in [0.3, 0.4) is 0 Å². The van der Waals surface area contributed by atoms with Crippen molar-refractivity contribution in [1.29, 1.82) is 0 Å². The Morgan fingerprint density at radius 1 is 1.12 bits per heavy atom. The molecule has 0 aliphatic carbocycles. The summed E-state index contributed by atoms with van der Waals surface area (Å²) in [5, 5.41) is 8.78. The van der Waals surface area contributed by atoms with Gasteiger partial charge >= 0.3 is 0 Å². The highest BCUT2D eigenvalue weighted by molar-refractivity contribution is 6.06. The first-order chi connectivity index (χ1) is 12.6. The van der Waals surface area contributed by atoms with E-state index in [2.05, 4.69) is 15.4 Å². The van der Waals surface area contributed by atoms with Crippen LogP contribution in [-0.2, 0) is 11.3 Å². The van der Waals surface area contributed by atoms with Gasteiger partial charge in [0.15, 0.2) is 0 Å². The molecule has 0 spiro atoms. The van der Waals surface area contributed by atoms with E-state index >= 15 is 0 Å². The molecule has 0 bridgehead atoms. The molecule has 1 amide bonds. The van der Waals surface area contributed by atoms with Crippen molar-refractivity contribution in [3.8, 4) is 0 Å². The molecule has 6 heteroatoms. The van der Waals surface area contributed by atoms with Gasteiger partial charge in [-0.25, -0.2) is 4.68 Å². The summed E-state index contributed by atoms with van der Waals surface area (Å²) in [7, 11) is 0. The maximum atomic E-state index is 12.7. The van der Waals surface area contributed by atoms with Gasteiger partial charge in [-0.3, -0.25) is 9.59 Å². The number of para-hydroxylation sites is 1. The summed E-state index contributed by atoms with van der Waals surface area (Å²) in [5.74, 6) is -0.258. The molecule has 0 saturated heterocycles. The summed E-state index contributed by atoms with van der Waals surface area (Å²) in [6, 6.07) is 17.2. The van der Waals surface area contributed by atoms with Gasteiger partial charge in [0, 0.05) is 16.3 Å². The number of rotatable bonds is 4. The molecular formula is C20H18N4O2. The summed E-state index contributed by atoms with van der Waals surface area (Å²) in [6.45, 7) is 1.78. The summed E-state index contributed by atoms with van der Waals surface area (Å²) in [4.78, 5) is 28.1. The fourth-order valence-corrected chi connectivity index (χ4v) is 3.14. The van der Waals surface area contributed by atoms with Gasteiger partial charge in [-0.15, -0.1) is 0 Å². The van der Waals surface area contributed by atoms with Gasteiger partial charge in [0.05, 0.1) is 12.2 Å². The third kappa shape index (κ3) is 2.86. The second-order valence-corrected chi connectivity index (χ2v) is 6.27. The predicted molar refractivity (Wildman–Crippen MR) is 101 cm³/mol. The maximum Gasteiger partial charge on any atom is 0.291 e. The quantitative estimate of drug-likeness (QED) is 0.596. The molecule has 0 fully saturated rings. The first kappa shape index (κ1) is 16.1. The molecule has 0 radical (unpaired) electrons. The van der Waals surface area contributed by atoms with E-state index in [1.165, 1.54) is 4.68 Å². The molecule has 0 saturated carbocycles. The highest BCUT2D eigenvalue weighted by atomic mass is 16.2. The number of aromatic amines is 1. The smallest absolute Gasteiger partial charge is 0.291 e. The predicted octanol–water partition coefficient (Wildman–Crippen LogP) is 2.76. The summed E-state index contributed by atoms with van der Waals surface area (Å²) < 4.78 is 1.19. The lowest BCUT2D eigenvalue weighted by molar-refractivity contribution is -0.122. The van der Waals surface area contributed by atoms with Crippen molar-refractivity contribution >= 4 is 27.7 Å². The number of carbonyl (C=O) groups is 1. The van der Waals surface area contributed by atoms with Crippen LogP contribution in [0.5, 0.6) is 0 Å². The van der Waals surface area contributed by atoms with E-state index in [9.17, 15) is 9.59 Å². The van der Waals surface area contributed by atoms with E-state index in [1.54, 1.807) is 6.20 Å². The average Bonchev–Trinajstić information content (AvgIpc) is 3.04. The monoisotopic (exact) mass is 346 g/mol. The molecule has 2 aromatic carbocycles. The van der Waals surface area contributed by atoms with Crippen molar-refractivity contribution in [3.05, 3.63) is 76.7 Å². The maximum absolute atomic E-state index is 12.7. The van der Waals surface area contributed by atoms with E-state index in [4.69, 9.17) is 0 Å². The van der Waals surface area contributed by atoms with Crippen molar-refractivity contribution < 1.29 is 4.79 Å². The molecule has 2 aromatic heterocycles. The molecule has 6 nitrogen and oxygen atoms in total. The molecular weight excluding hydrogens is 328 g/mol. The van der Waals surface area contributed by atoms with Gasteiger partial charge in [0.1, 0.15) is 12.1 Å². The van der Waals surface area contributed by atoms with Crippen LogP contribution >= 0.6 is 0 Å². The van der Waals surface area contributed by atoms with Gasteiger partial charge in [0.25, 0.3) is 5.56 Å². The number of amides is 1. The lowest BCUT2D eigenvalue weighted by atomic mass is 10.1. The number of nitrogens with zero attached hydrogens (tertiary/aromatic N) is 2. The van der Waals surface area contributed by atoms with Gasteiger partial charge in [0.2, 0.25) is 5.91 Å². The summed E-state index contributed by atoms with van der Waals surface area (Å²) in [6.07, 6.45) is 1.63. The fourth-order valence-electron chi connectivity index (χ4n) is 3.14. The minimum Gasteiger partial charge on any atom is -0.350 e. The Bertz CT molecular complexity index is 1140. The minimum absolute atomic E-state index is 0.124. The van der Waals surface area contributed by atoms with Crippen molar-refractivity contribution in [2.75, 3.05) is 0 Å². The molecule has 1 atom stereocenters. The topological polar surface area (TPSA) is 79.8 Å². The Morgan fingerprint density at radius 2 is 1.85 bits per heavy atom. The lowest BCUT2D eigenvalue weighted by Gasteiger charge is -2.14. The molecule has 4 rings (SSSR count). The van der Waals surface area contributed by atoms with Gasteiger partial charge in [-0.05, 0) is 18.6 Å². The summed E-state index contributed by atoms with van der Waals surface area (Å²) in [5.41, 5.74) is 2.04. The van der Waals surface area contributed by atoms with Gasteiger partial charge in [-0.1, -0.05) is 48.5 Å². The normalized spacial score (nSPS) is 12.3. The molecule has 26 heavy (non-hydrogen) atoms. The van der Waals surface area contributed by atoms with Crippen LogP contribution in [-0.4, -0.2) is 20.7 Å². The van der Waals surface area contributed by atoms with Crippen LogP contribution in [0.4, 0.5) is 0 Å². The Kier molecular flexibility index (Phi) is 4.01. The number of nitrogens with one attached hydrogen (secondary N) is 2. The fraction of sp³-hybridized carbons (Fsp3) is 0.150. The van der Waals surface area contributed by atoms with Crippen LogP contribution in [0.2, 0.25) is 0 Å². The standard InChI is InChI=1S/C20H18N4O2/c1-13(14-7-3-2-4-8-14)22-18(25)12-24-20(26)19-16(11-21-24)15-9-5-6-10-17(15)23-19/h2-11,13,23H,12H2,1H3,(H,22,25). The van der Waals surface area contributed by atoms with E-state index in [-0.39, 0.29) is 24.1 Å². The molecule has 1 unspecified atom stereocenters. The van der Waals surface area contributed by atoms with Crippen LogP contribution in [0, 0.1) is 0 Å². The largest absolute Gasteiger partial charge is 0.350 e. The number of H-pyrrole nitrogens is 1. The van der Waals surface area contributed by atoms with E-state index < -0.39 is 0 Å². The number of fused-ring (bicyclic) bond motifs is 3. The van der Waals surface area contributed by atoms with E-state index in [0.717, 1.165) is 21.9 Å². The van der Waals surface area contributed by atoms with Gasteiger partial charge in [-0.2, -0.15) is 5.10 Å². The lowest BCUT2D eigenvalue weighted by Crippen LogP contribution is -2.34. The third-order valence-corrected chi connectivity index (χ3v) is 4.49. The molecule has 2 N–H and O–H groups in total. The molecule has 2 heterocycles. The highest BCUT2D eigenvalue weighted by Crippen LogP contribution is 2.21. The van der Waals surface area contributed by atoms with Crippen molar-refractivity contribution in [3.63, 3.8) is 0 Å². The van der Waals surface area contributed by atoms with Crippen LogP contribution in [0.25, 0.3) is 21.8 Å². The SMILES string of the molecule is CC(NC(=O)Cn1ncc2c([nH]c3ccccc32)c1=O)c1ccccc1. The number of hydrogen-bond donors (Lipinski definition) is 2. The number of benzene rings is 2. The first-order valence-corrected chi connectivity index (χ1v) is 8.44. The van der Waals surface area contributed by atoms with Crippen LogP contribution in [0.15, 0.2) is 65.6 Å². The number of carbonyl (C=O) groups excluding carboxylic acids is 1. The van der Waals surface area contributed by atoms with Crippen molar-refractivity contribution in [1.82, 2.24) is 20.1 Å². The molecule has 0 aliphatic heterocycles. The molecule has 130 valence electrons. The Morgan fingerprint density at radius 3 is 2.65 bits per heavy atom. The Labute approximate surface area is 149 Å². The second-order valence-electron chi connectivity index (χ2n) is 6.27. The zero-order valence-electron chi connectivity index (χ0n) is 14.3. The third-order valence-electron chi connectivity index (χ3n) is 4.49. The Hall–Kier alpha value is -3.41. The van der Waals surface area contributed by atoms with Crippen molar-refractivity contribution in [2.45, 2.75) is 19.5 Å². The first-order valence-electron chi connectivity index (χ1n) is 8.44. The molecule has 4 aromatic rings. The van der Waals surface area contributed by atoms with E-state index in [0.29, 0.717) is 5.52 Å². The molecule has 0 aliphatic rings. The Balaban J connectivity index is 1.59. The van der Waals surface area contributed by atoms with E-state index in [1.807, 2.05) is 61.5 Å². The minimum atomic E-state index is -0.304. The zero-order valence-corrected chi connectivity index (χ0v) is 14.3. The average molecular weight is 346 g/mol. The number of hydrogen-bond acceptors (Lipinski definition) is 3. The highest BCUT2D eigenvalue weighted by Gasteiger charge is 2.14. The van der Waals surface area contributed by atoms with Crippen LogP contribution in [0.1, 0.15) is 18.5 Å². The summed E-state index contributed by atoms with van der Waals surface area (Å²) >= 11 is 0. The zero-order chi connectivity index (χ0) is 18.1. The number of aromatic nitrogens is 3. The van der Waals surface area contributed by atoms with Crippen LogP contribution < -0.4 is 10.9 Å². The van der Waals surface area contributed by atoms with Crippen molar-refractivity contribution in [2.24, 2.45) is 0 Å².